The molecule has 0 radical (unpaired) electrons. The zero-order valence-electron chi connectivity index (χ0n) is 9.03. The number of para-hydroxylation sites is 1. The quantitative estimate of drug-likeness (QED) is 0.763. The second-order valence-corrected chi connectivity index (χ2v) is 5.46. The molecule has 0 saturated heterocycles. The van der Waals surface area contributed by atoms with Crippen LogP contribution in [0.5, 0.6) is 5.75 Å². The van der Waals surface area contributed by atoms with E-state index in [-0.39, 0.29) is 0 Å². The van der Waals surface area contributed by atoms with Gasteiger partial charge in [-0.15, -0.1) is 22.9 Å². The Labute approximate surface area is 118 Å². The molecule has 1 aromatic heterocycles. The first kappa shape index (κ1) is 12.9. The molecular formula is C12H11BrClNOS. The Hall–Kier alpha value is -0.580. The molecule has 0 aliphatic carbocycles. The minimum absolute atomic E-state index is 0.474. The molecule has 2 rings (SSSR count). The summed E-state index contributed by atoms with van der Waals surface area (Å²) < 4.78 is 6.64. The largest absolute Gasteiger partial charge is 0.492 e. The van der Waals surface area contributed by atoms with Gasteiger partial charge in [0.05, 0.1) is 27.7 Å². The zero-order chi connectivity index (χ0) is 12.1. The summed E-state index contributed by atoms with van der Waals surface area (Å²) in [4.78, 5) is 4.38. The standard InChI is InChI=1S/C12H11BrClNOS/c13-10-3-1-2-4-11(10)16-6-5-12-15-9(7-14)8-17-12/h1-4,8H,5-7H2. The van der Waals surface area contributed by atoms with E-state index in [0.717, 1.165) is 27.3 Å². The van der Waals surface area contributed by atoms with Crippen LogP contribution in [0.3, 0.4) is 0 Å². The molecule has 0 N–H and O–H groups in total. The third kappa shape index (κ3) is 3.69. The first-order chi connectivity index (χ1) is 8.29. The van der Waals surface area contributed by atoms with Crippen LogP contribution < -0.4 is 4.74 Å². The lowest BCUT2D eigenvalue weighted by Gasteiger charge is -2.06. The normalized spacial score (nSPS) is 10.5. The molecule has 5 heteroatoms. The fourth-order valence-electron chi connectivity index (χ4n) is 1.34. The minimum atomic E-state index is 0.474. The van der Waals surface area contributed by atoms with Crippen molar-refractivity contribution in [1.29, 1.82) is 0 Å². The van der Waals surface area contributed by atoms with Crippen LogP contribution in [0, 0.1) is 0 Å². The Bertz CT molecular complexity index is 489. The summed E-state index contributed by atoms with van der Waals surface area (Å²) in [6.45, 7) is 0.623. The molecule has 1 heterocycles. The molecule has 0 bridgehead atoms. The molecule has 0 unspecified atom stereocenters. The van der Waals surface area contributed by atoms with Crippen molar-refractivity contribution in [1.82, 2.24) is 4.98 Å². The van der Waals surface area contributed by atoms with Crippen molar-refractivity contribution in [3.05, 3.63) is 44.8 Å². The first-order valence-corrected chi connectivity index (χ1v) is 7.37. The molecule has 0 spiro atoms. The first-order valence-electron chi connectivity index (χ1n) is 5.16. The number of nitrogens with zero attached hydrogens (tertiary/aromatic N) is 1. The van der Waals surface area contributed by atoms with Gasteiger partial charge in [0.2, 0.25) is 0 Å². The lowest BCUT2D eigenvalue weighted by Crippen LogP contribution is -2.01. The fraction of sp³-hybridized carbons (Fsp3) is 0.250. The van der Waals surface area contributed by atoms with E-state index in [1.165, 1.54) is 0 Å². The number of ether oxygens (including phenoxy) is 1. The highest BCUT2D eigenvalue weighted by molar-refractivity contribution is 9.10. The third-order valence-corrected chi connectivity index (χ3v) is 4.03. The van der Waals surface area contributed by atoms with Crippen LogP contribution in [0.2, 0.25) is 0 Å². The number of aromatic nitrogens is 1. The maximum atomic E-state index is 5.70. The monoisotopic (exact) mass is 331 g/mol. The molecule has 1 aromatic carbocycles. The van der Waals surface area contributed by atoms with E-state index in [4.69, 9.17) is 16.3 Å². The van der Waals surface area contributed by atoms with Gasteiger partial charge in [0.1, 0.15) is 5.75 Å². The van der Waals surface area contributed by atoms with Crippen molar-refractivity contribution in [2.45, 2.75) is 12.3 Å². The summed E-state index contributed by atoms with van der Waals surface area (Å²) in [5, 5.41) is 3.05. The predicted molar refractivity (Wildman–Crippen MR) is 75.0 cm³/mol. The van der Waals surface area contributed by atoms with Gasteiger partial charge in [-0.2, -0.15) is 0 Å². The van der Waals surface area contributed by atoms with E-state index in [1.807, 2.05) is 29.6 Å². The van der Waals surface area contributed by atoms with Gasteiger partial charge in [-0.1, -0.05) is 12.1 Å². The van der Waals surface area contributed by atoms with Gasteiger partial charge in [0.15, 0.2) is 0 Å². The summed E-state index contributed by atoms with van der Waals surface area (Å²) in [5.41, 5.74) is 0.938. The Kier molecular flexibility index (Phi) is 4.83. The third-order valence-electron chi connectivity index (χ3n) is 2.15. The van der Waals surface area contributed by atoms with Crippen LogP contribution in [0.15, 0.2) is 34.1 Å². The number of hydrogen-bond acceptors (Lipinski definition) is 3. The molecule has 17 heavy (non-hydrogen) atoms. The fourth-order valence-corrected chi connectivity index (χ4v) is 2.74. The van der Waals surface area contributed by atoms with Crippen LogP contribution >= 0.6 is 38.9 Å². The predicted octanol–water partition coefficient (Wildman–Crippen LogP) is 4.27. The van der Waals surface area contributed by atoms with Gasteiger partial charge in [-0.05, 0) is 28.1 Å². The lowest BCUT2D eigenvalue weighted by molar-refractivity contribution is 0.320. The summed E-state index contributed by atoms with van der Waals surface area (Å²) >= 11 is 10.8. The number of thiazole rings is 1. The molecule has 0 fully saturated rings. The highest BCUT2D eigenvalue weighted by atomic mass is 79.9. The van der Waals surface area contributed by atoms with Crippen molar-refractivity contribution >= 4 is 38.9 Å². The molecule has 2 aromatic rings. The Morgan fingerprint density at radius 1 is 1.35 bits per heavy atom. The van der Waals surface area contributed by atoms with Crippen LogP contribution in [-0.4, -0.2) is 11.6 Å². The van der Waals surface area contributed by atoms with Crippen molar-refractivity contribution in [3.63, 3.8) is 0 Å². The molecule has 2 nitrogen and oxygen atoms in total. The van der Waals surface area contributed by atoms with Crippen molar-refractivity contribution in [2.75, 3.05) is 6.61 Å². The van der Waals surface area contributed by atoms with Crippen molar-refractivity contribution in [2.24, 2.45) is 0 Å². The number of benzene rings is 1. The number of halogens is 2. The van der Waals surface area contributed by atoms with Gasteiger partial charge in [0.25, 0.3) is 0 Å². The number of alkyl halides is 1. The maximum absolute atomic E-state index is 5.70. The van der Waals surface area contributed by atoms with Crippen LogP contribution in [-0.2, 0) is 12.3 Å². The van der Waals surface area contributed by atoms with Gasteiger partial charge in [-0.25, -0.2) is 4.98 Å². The topological polar surface area (TPSA) is 22.1 Å². The van der Waals surface area contributed by atoms with E-state index in [0.29, 0.717) is 12.5 Å². The molecule has 0 aliphatic rings. The maximum Gasteiger partial charge on any atom is 0.133 e. The average Bonchev–Trinajstić information content (AvgIpc) is 2.80. The Morgan fingerprint density at radius 3 is 2.88 bits per heavy atom. The summed E-state index contributed by atoms with van der Waals surface area (Å²) in [6, 6.07) is 7.82. The van der Waals surface area contributed by atoms with Crippen LogP contribution in [0.1, 0.15) is 10.7 Å². The number of hydrogen-bond donors (Lipinski definition) is 0. The molecule has 90 valence electrons. The van der Waals surface area contributed by atoms with E-state index in [9.17, 15) is 0 Å². The van der Waals surface area contributed by atoms with E-state index >= 15 is 0 Å². The zero-order valence-corrected chi connectivity index (χ0v) is 12.2. The van der Waals surface area contributed by atoms with E-state index in [1.54, 1.807) is 11.3 Å². The summed E-state index contributed by atoms with van der Waals surface area (Å²) in [5.74, 6) is 1.34. The van der Waals surface area contributed by atoms with E-state index < -0.39 is 0 Å². The highest BCUT2D eigenvalue weighted by Crippen LogP contribution is 2.24. The minimum Gasteiger partial charge on any atom is -0.492 e. The van der Waals surface area contributed by atoms with E-state index in [2.05, 4.69) is 20.9 Å². The molecular weight excluding hydrogens is 322 g/mol. The van der Waals surface area contributed by atoms with Crippen LogP contribution in [0.4, 0.5) is 0 Å². The average molecular weight is 333 g/mol. The smallest absolute Gasteiger partial charge is 0.133 e. The second kappa shape index (κ2) is 6.38. The molecule has 0 atom stereocenters. The van der Waals surface area contributed by atoms with Crippen LogP contribution in [0.25, 0.3) is 0 Å². The Morgan fingerprint density at radius 2 is 2.18 bits per heavy atom. The van der Waals surface area contributed by atoms with Crippen molar-refractivity contribution < 1.29 is 4.74 Å². The molecule has 0 amide bonds. The van der Waals surface area contributed by atoms with Gasteiger partial charge < -0.3 is 4.74 Å². The second-order valence-electron chi connectivity index (χ2n) is 3.40. The highest BCUT2D eigenvalue weighted by Gasteiger charge is 2.03. The SMILES string of the molecule is ClCc1csc(CCOc2ccccc2Br)n1. The summed E-state index contributed by atoms with van der Waals surface area (Å²) in [6.07, 6.45) is 0.808. The molecule has 0 saturated carbocycles. The van der Waals surface area contributed by atoms with Gasteiger partial charge in [0, 0.05) is 11.8 Å². The van der Waals surface area contributed by atoms with Crippen molar-refractivity contribution in [3.8, 4) is 5.75 Å². The van der Waals surface area contributed by atoms with Gasteiger partial charge >= 0.3 is 0 Å². The van der Waals surface area contributed by atoms with Gasteiger partial charge in [-0.3, -0.25) is 0 Å². The lowest BCUT2D eigenvalue weighted by atomic mass is 10.3. The summed E-state index contributed by atoms with van der Waals surface area (Å²) in [7, 11) is 0. The molecule has 0 aliphatic heterocycles. The Balaban J connectivity index is 1.85. The number of rotatable bonds is 5.